The summed E-state index contributed by atoms with van der Waals surface area (Å²) in [5.41, 5.74) is 2.47. The zero-order chi connectivity index (χ0) is 11.8. The van der Waals surface area contributed by atoms with E-state index in [-0.39, 0.29) is 0 Å². The lowest BCUT2D eigenvalue weighted by molar-refractivity contribution is 0.674. The van der Waals surface area contributed by atoms with Crippen molar-refractivity contribution in [1.29, 1.82) is 0 Å². The molecule has 0 aliphatic carbocycles. The number of nitrogens with zero attached hydrogens (tertiary/aromatic N) is 1. The van der Waals surface area contributed by atoms with Gasteiger partial charge in [0.05, 0.1) is 0 Å². The first-order chi connectivity index (χ1) is 7.80. The van der Waals surface area contributed by atoms with Crippen LogP contribution in [-0.4, -0.2) is 18.1 Å². The number of aryl methyl sites for hydroxylation is 1. The van der Waals surface area contributed by atoms with Crippen molar-refractivity contribution >= 4 is 5.82 Å². The van der Waals surface area contributed by atoms with Crippen molar-refractivity contribution in [1.82, 2.24) is 10.3 Å². The maximum Gasteiger partial charge on any atom is 0.126 e. The van der Waals surface area contributed by atoms with Crippen LogP contribution < -0.4 is 10.6 Å². The van der Waals surface area contributed by atoms with Gasteiger partial charge >= 0.3 is 0 Å². The minimum Gasteiger partial charge on any atom is -0.370 e. The lowest BCUT2D eigenvalue weighted by atomic mass is 10.2. The van der Waals surface area contributed by atoms with Crippen LogP contribution in [0.1, 0.15) is 38.4 Å². The van der Waals surface area contributed by atoms with Gasteiger partial charge in [0.2, 0.25) is 0 Å². The van der Waals surface area contributed by atoms with Gasteiger partial charge in [-0.2, -0.15) is 0 Å². The molecule has 0 aliphatic rings. The van der Waals surface area contributed by atoms with Crippen LogP contribution in [0.15, 0.2) is 12.1 Å². The maximum absolute atomic E-state index is 4.53. The van der Waals surface area contributed by atoms with Crippen molar-refractivity contribution in [2.45, 2.75) is 40.2 Å². The van der Waals surface area contributed by atoms with E-state index in [4.69, 9.17) is 0 Å². The van der Waals surface area contributed by atoms with Crippen molar-refractivity contribution < 1.29 is 0 Å². The largest absolute Gasteiger partial charge is 0.370 e. The number of hydrogen-bond donors (Lipinski definition) is 2. The average molecular weight is 221 g/mol. The highest BCUT2D eigenvalue weighted by Gasteiger charge is 2.00. The van der Waals surface area contributed by atoms with Gasteiger partial charge in [-0.05, 0) is 44.0 Å². The summed E-state index contributed by atoms with van der Waals surface area (Å²) in [7, 11) is 0. The van der Waals surface area contributed by atoms with Gasteiger partial charge in [0, 0.05) is 18.8 Å². The molecule has 1 aromatic heterocycles. The molecule has 0 bridgehead atoms. The molecule has 1 aromatic rings. The molecule has 0 amide bonds. The molecule has 2 N–H and O–H groups in total. The van der Waals surface area contributed by atoms with Crippen molar-refractivity contribution in [3.63, 3.8) is 0 Å². The molecule has 0 aromatic carbocycles. The van der Waals surface area contributed by atoms with E-state index in [9.17, 15) is 0 Å². The van der Waals surface area contributed by atoms with Gasteiger partial charge in [-0.25, -0.2) is 4.98 Å². The van der Waals surface area contributed by atoms with E-state index in [1.165, 1.54) is 12.0 Å². The van der Waals surface area contributed by atoms with Gasteiger partial charge in [-0.1, -0.05) is 13.8 Å². The Morgan fingerprint density at radius 1 is 1.19 bits per heavy atom. The summed E-state index contributed by atoms with van der Waals surface area (Å²) in [4.78, 5) is 4.53. The van der Waals surface area contributed by atoms with Gasteiger partial charge < -0.3 is 10.6 Å². The normalized spacial score (nSPS) is 10.4. The molecule has 1 rings (SSSR count). The molecular formula is C13H23N3. The Hall–Kier alpha value is -1.09. The Morgan fingerprint density at radius 3 is 2.62 bits per heavy atom. The maximum atomic E-state index is 4.53. The highest BCUT2D eigenvalue weighted by atomic mass is 15.0. The summed E-state index contributed by atoms with van der Waals surface area (Å²) < 4.78 is 0. The van der Waals surface area contributed by atoms with Gasteiger partial charge in [-0.15, -0.1) is 0 Å². The van der Waals surface area contributed by atoms with E-state index >= 15 is 0 Å². The monoisotopic (exact) mass is 221 g/mol. The summed E-state index contributed by atoms with van der Waals surface area (Å²) in [6.07, 6.45) is 2.16. The average Bonchev–Trinajstić information content (AvgIpc) is 2.29. The van der Waals surface area contributed by atoms with Crippen LogP contribution in [-0.2, 0) is 13.0 Å². The number of nitrogens with one attached hydrogen (secondary N) is 2. The second kappa shape index (κ2) is 7.23. The van der Waals surface area contributed by atoms with Crippen molar-refractivity contribution in [2.75, 3.05) is 18.4 Å². The van der Waals surface area contributed by atoms with Gasteiger partial charge in [0.1, 0.15) is 5.82 Å². The summed E-state index contributed by atoms with van der Waals surface area (Å²) in [6.45, 7) is 9.34. The van der Waals surface area contributed by atoms with E-state index in [0.717, 1.165) is 37.6 Å². The van der Waals surface area contributed by atoms with E-state index in [0.29, 0.717) is 0 Å². The highest BCUT2D eigenvalue weighted by molar-refractivity contribution is 5.39. The molecule has 0 atom stereocenters. The predicted molar refractivity (Wildman–Crippen MR) is 69.8 cm³/mol. The van der Waals surface area contributed by atoms with Crippen LogP contribution in [0, 0.1) is 0 Å². The summed E-state index contributed by atoms with van der Waals surface area (Å²) >= 11 is 0. The Morgan fingerprint density at radius 2 is 2.00 bits per heavy atom. The highest BCUT2D eigenvalue weighted by Crippen LogP contribution is 2.11. The van der Waals surface area contributed by atoms with Crippen LogP contribution in [0.2, 0.25) is 0 Å². The quantitative estimate of drug-likeness (QED) is 0.695. The molecule has 0 saturated heterocycles. The smallest absolute Gasteiger partial charge is 0.126 e. The number of rotatable bonds is 7. The second-order valence-corrected chi connectivity index (χ2v) is 3.91. The molecule has 0 radical (unpaired) electrons. The van der Waals surface area contributed by atoms with E-state index < -0.39 is 0 Å². The molecule has 3 heteroatoms. The first-order valence-electron chi connectivity index (χ1n) is 6.24. The Balaban J connectivity index is 2.69. The third kappa shape index (κ3) is 4.19. The summed E-state index contributed by atoms with van der Waals surface area (Å²) in [5, 5.41) is 6.69. The molecule has 0 unspecified atom stereocenters. The lowest BCUT2D eigenvalue weighted by Crippen LogP contribution is -2.14. The van der Waals surface area contributed by atoms with Crippen LogP contribution in [0.5, 0.6) is 0 Å². The van der Waals surface area contributed by atoms with Gasteiger partial charge in [-0.3, -0.25) is 0 Å². The third-order valence-corrected chi connectivity index (χ3v) is 2.41. The number of aromatic nitrogens is 1. The third-order valence-electron chi connectivity index (χ3n) is 2.41. The minimum atomic E-state index is 0.919. The fourth-order valence-electron chi connectivity index (χ4n) is 1.61. The van der Waals surface area contributed by atoms with Crippen molar-refractivity contribution in [3.05, 3.63) is 23.4 Å². The second-order valence-electron chi connectivity index (χ2n) is 3.91. The zero-order valence-corrected chi connectivity index (χ0v) is 10.6. The molecule has 90 valence electrons. The predicted octanol–water partition coefficient (Wildman–Crippen LogP) is 2.58. The lowest BCUT2D eigenvalue weighted by Gasteiger charge is -2.09. The Bertz CT molecular complexity index is 310. The SMILES string of the molecule is CCCNCc1cc(CC)nc(NCC)c1. The van der Waals surface area contributed by atoms with Crippen molar-refractivity contribution in [3.8, 4) is 0 Å². The molecule has 0 fully saturated rings. The molecular weight excluding hydrogens is 198 g/mol. The molecule has 16 heavy (non-hydrogen) atoms. The van der Waals surface area contributed by atoms with E-state index in [1.807, 2.05) is 0 Å². The summed E-state index contributed by atoms with van der Waals surface area (Å²) in [6, 6.07) is 4.31. The number of anilines is 1. The van der Waals surface area contributed by atoms with E-state index in [1.54, 1.807) is 0 Å². The van der Waals surface area contributed by atoms with Gasteiger partial charge in [0.15, 0.2) is 0 Å². The fourth-order valence-corrected chi connectivity index (χ4v) is 1.61. The Kier molecular flexibility index (Phi) is 5.86. The zero-order valence-electron chi connectivity index (χ0n) is 10.6. The molecule has 0 spiro atoms. The van der Waals surface area contributed by atoms with Crippen LogP contribution in [0.3, 0.4) is 0 Å². The number of pyridine rings is 1. The fraction of sp³-hybridized carbons (Fsp3) is 0.615. The van der Waals surface area contributed by atoms with Crippen LogP contribution in [0.4, 0.5) is 5.82 Å². The molecule has 0 aliphatic heterocycles. The topological polar surface area (TPSA) is 37.0 Å². The minimum absolute atomic E-state index is 0.919. The van der Waals surface area contributed by atoms with Gasteiger partial charge in [0.25, 0.3) is 0 Å². The van der Waals surface area contributed by atoms with Crippen LogP contribution in [0.25, 0.3) is 0 Å². The Labute approximate surface area is 98.7 Å². The first-order valence-corrected chi connectivity index (χ1v) is 6.24. The summed E-state index contributed by atoms with van der Waals surface area (Å²) in [5.74, 6) is 0.996. The molecule has 1 heterocycles. The van der Waals surface area contributed by atoms with E-state index in [2.05, 4.69) is 48.5 Å². The molecule has 0 saturated carbocycles. The molecule has 3 nitrogen and oxygen atoms in total. The van der Waals surface area contributed by atoms with Crippen molar-refractivity contribution in [2.24, 2.45) is 0 Å². The first kappa shape index (κ1) is 13.0. The number of hydrogen-bond acceptors (Lipinski definition) is 3. The van der Waals surface area contributed by atoms with Crippen LogP contribution >= 0.6 is 0 Å². The standard InChI is InChI=1S/C13H23N3/c1-4-7-14-10-11-8-12(5-2)16-13(9-11)15-6-3/h8-9,14H,4-7,10H2,1-3H3,(H,15,16).